The second kappa shape index (κ2) is 6.68. The highest BCUT2D eigenvalue weighted by molar-refractivity contribution is 5.78. The second-order valence-corrected chi connectivity index (χ2v) is 5.32. The standard InChI is InChI=1S/C15H23N3O/c1-12-5-3-4-6-13(12)9-15(19)17-10-14-11-18(2)8-7-16-14/h3-6,14,16H,7-11H2,1-2H3,(H,17,19). The number of hydrogen-bond donors (Lipinski definition) is 2. The summed E-state index contributed by atoms with van der Waals surface area (Å²) in [6.45, 7) is 5.81. The van der Waals surface area contributed by atoms with Gasteiger partial charge in [-0.3, -0.25) is 4.79 Å². The molecule has 1 aliphatic rings. The average Bonchev–Trinajstić information content (AvgIpc) is 2.39. The van der Waals surface area contributed by atoms with Crippen LogP contribution in [0.1, 0.15) is 11.1 Å². The lowest BCUT2D eigenvalue weighted by atomic mass is 10.1. The van der Waals surface area contributed by atoms with Gasteiger partial charge in [0.05, 0.1) is 6.42 Å². The Morgan fingerprint density at radius 3 is 3.00 bits per heavy atom. The lowest BCUT2D eigenvalue weighted by Gasteiger charge is -2.30. The molecule has 0 aliphatic carbocycles. The monoisotopic (exact) mass is 261 g/mol. The molecule has 0 aromatic heterocycles. The van der Waals surface area contributed by atoms with Gasteiger partial charge in [-0.05, 0) is 25.1 Å². The van der Waals surface area contributed by atoms with Crippen molar-refractivity contribution in [1.29, 1.82) is 0 Å². The van der Waals surface area contributed by atoms with Gasteiger partial charge in [-0.15, -0.1) is 0 Å². The van der Waals surface area contributed by atoms with Gasteiger partial charge in [0, 0.05) is 32.2 Å². The van der Waals surface area contributed by atoms with Gasteiger partial charge < -0.3 is 15.5 Å². The van der Waals surface area contributed by atoms with E-state index in [0.29, 0.717) is 19.0 Å². The van der Waals surface area contributed by atoms with Gasteiger partial charge in [-0.2, -0.15) is 0 Å². The minimum atomic E-state index is 0.101. The molecular formula is C15H23N3O. The van der Waals surface area contributed by atoms with E-state index in [-0.39, 0.29) is 5.91 Å². The normalized spacial score (nSPS) is 20.2. The van der Waals surface area contributed by atoms with Crippen molar-refractivity contribution in [2.75, 3.05) is 33.2 Å². The first kappa shape index (κ1) is 14.0. The summed E-state index contributed by atoms with van der Waals surface area (Å²) in [6.07, 6.45) is 0.467. The van der Waals surface area contributed by atoms with Gasteiger partial charge in [-0.1, -0.05) is 24.3 Å². The van der Waals surface area contributed by atoms with Crippen molar-refractivity contribution in [3.8, 4) is 0 Å². The minimum absolute atomic E-state index is 0.101. The first-order chi connectivity index (χ1) is 9.15. The number of hydrogen-bond acceptors (Lipinski definition) is 3. The van der Waals surface area contributed by atoms with Crippen LogP contribution in [-0.4, -0.2) is 50.1 Å². The van der Waals surface area contributed by atoms with E-state index in [9.17, 15) is 4.79 Å². The SMILES string of the molecule is Cc1ccccc1CC(=O)NCC1CN(C)CCN1. The van der Waals surface area contributed by atoms with Gasteiger partial charge in [0.1, 0.15) is 0 Å². The molecule has 1 aromatic carbocycles. The summed E-state index contributed by atoms with van der Waals surface area (Å²) in [5.41, 5.74) is 2.28. The highest BCUT2D eigenvalue weighted by Crippen LogP contribution is 2.07. The van der Waals surface area contributed by atoms with Gasteiger partial charge in [0.2, 0.25) is 5.91 Å². The molecule has 1 aliphatic heterocycles. The summed E-state index contributed by atoms with van der Waals surface area (Å²) in [7, 11) is 2.11. The van der Waals surface area contributed by atoms with Crippen molar-refractivity contribution in [2.45, 2.75) is 19.4 Å². The minimum Gasteiger partial charge on any atom is -0.354 e. The fourth-order valence-corrected chi connectivity index (χ4v) is 2.41. The Morgan fingerprint density at radius 2 is 2.26 bits per heavy atom. The third-order valence-corrected chi connectivity index (χ3v) is 3.62. The van der Waals surface area contributed by atoms with E-state index < -0.39 is 0 Å². The maximum absolute atomic E-state index is 11.9. The summed E-state index contributed by atoms with van der Waals surface area (Å²) >= 11 is 0. The molecule has 1 heterocycles. The van der Waals surface area contributed by atoms with Crippen molar-refractivity contribution in [1.82, 2.24) is 15.5 Å². The van der Waals surface area contributed by atoms with Gasteiger partial charge in [0.15, 0.2) is 0 Å². The van der Waals surface area contributed by atoms with Crippen molar-refractivity contribution in [3.63, 3.8) is 0 Å². The lowest BCUT2D eigenvalue weighted by Crippen LogP contribution is -2.53. The fraction of sp³-hybridized carbons (Fsp3) is 0.533. The number of piperazine rings is 1. The number of likely N-dealkylation sites (N-methyl/N-ethyl adjacent to an activating group) is 1. The molecule has 1 aromatic rings. The number of carbonyl (C=O) groups excluding carboxylic acids is 1. The number of carbonyl (C=O) groups is 1. The van der Waals surface area contributed by atoms with E-state index in [2.05, 4.69) is 22.6 Å². The van der Waals surface area contributed by atoms with Crippen LogP contribution in [0, 0.1) is 6.92 Å². The van der Waals surface area contributed by atoms with Crippen LogP contribution in [0.2, 0.25) is 0 Å². The molecule has 1 atom stereocenters. The summed E-state index contributed by atoms with van der Waals surface area (Å²) in [5, 5.41) is 6.44. The number of nitrogens with zero attached hydrogens (tertiary/aromatic N) is 1. The Morgan fingerprint density at radius 1 is 1.47 bits per heavy atom. The molecule has 104 valence electrons. The maximum Gasteiger partial charge on any atom is 0.224 e. The van der Waals surface area contributed by atoms with Crippen molar-refractivity contribution in [3.05, 3.63) is 35.4 Å². The molecule has 1 amide bonds. The molecule has 4 heteroatoms. The number of benzene rings is 1. The van der Waals surface area contributed by atoms with Crippen molar-refractivity contribution >= 4 is 5.91 Å². The van der Waals surface area contributed by atoms with Gasteiger partial charge in [-0.25, -0.2) is 0 Å². The number of nitrogens with one attached hydrogen (secondary N) is 2. The third kappa shape index (κ3) is 4.33. The molecule has 4 nitrogen and oxygen atoms in total. The van der Waals surface area contributed by atoms with E-state index in [1.165, 1.54) is 5.56 Å². The molecule has 2 N–H and O–H groups in total. The number of amides is 1. The van der Waals surface area contributed by atoms with Gasteiger partial charge in [0.25, 0.3) is 0 Å². The third-order valence-electron chi connectivity index (χ3n) is 3.62. The first-order valence-electron chi connectivity index (χ1n) is 6.88. The predicted octanol–water partition coefficient (Wildman–Crippen LogP) is 0.557. The second-order valence-electron chi connectivity index (χ2n) is 5.32. The van der Waals surface area contributed by atoms with E-state index in [4.69, 9.17) is 0 Å². The molecule has 0 bridgehead atoms. The molecule has 0 saturated carbocycles. The average molecular weight is 261 g/mol. The van der Waals surface area contributed by atoms with E-state index in [0.717, 1.165) is 25.2 Å². The van der Waals surface area contributed by atoms with Crippen LogP contribution in [0.5, 0.6) is 0 Å². The molecule has 1 unspecified atom stereocenters. The Hall–Kier alpha value is -1.39. The zero-order valence-corrected chi connectivity index (χ0v) is 11.8. The van der Waals surface area contributed by atoms with E-state index in [1.54, 1.807) is 0 Å². The van der Waals surface area contributed by atoms with Crippen LogP contribution < -0.4 is 10.6 Å². The largest absolute Gasteiger partial charge is 0.354 e. The molecule has 0 spiro atoms. The van der Waals surface area contributed by atoms with Crippen molar-refractivity contribution in [2.24, 2.45) is 0 Å². The lowest BCUT2D eigenvalue weighted by molar-refractivity contribution is -0.120. The highest BCUT2D eigenvalue weighted by Gasteiger charge is 2.16. The topological polar surface area (TPSA) is 44.4 Å². The van der Waals surface area contributed by atoms with Crippen LogP contribution in [-0.2, 0) is 11.2 Å². The van der Waals surface area contributed by atoms with Crippen LogP contribution in [0.25, 0.3) is 0 Å². The highest BCUT2D eigenvalue weighted by atomic mass is 16.1. The molecule has 0 radical (unpaired) electrons. The summed E-state index contributed by atoms with van der Waals surface area (Å²) in [5.74, 6) is 0.101. The first-order valence-corrected chi connectivity index (χ1v) is 6.88. The molecule has 1 saturated heterocycles. The van der Waals surface area contributed by atoms with E-state index >= 15 is 0 Å². The Bertz CT molecular complexity index is 433. The zero-order chi connectivity index (χ0) is 13.7. The smallest absolute Gasteiger partial charge is 0.224 e. The quantitative estimate of drug-likeness (QED) is 0.832. The van der Waals surface area contributed by atoms with Crippen molar-refractivity contribution < 1.29 is 4.79 Å². The Balaban J connectivity index is 1.77. The fourth-order valence-electron chi connectivity index (χ4n) is 2.41. The van der Waals surface area contributed by atoms with Crippen LogP contribution in [0.4, 0.5) is 0 Å². The number of aryl methyl sites for hydroxylation is 1. The molecule has 1 fully saturated rings. The Labute approximate surface area is 115 Å². The molecule has 2 rings (SSSR count). The van der Waals surface area contributed by atoms with Crippen LogP contribution in [0.3, 0.4) is 0 Å². The maximum atomic E-state index is 11.9. The molecular weight excluding hydrogens is 238 g/mol. The summed E-state index contributed by atoms with van der Waals surface area (Å²) in [6, 6.07) is 8.40. The summed E-state index contributed by atoms with van der Waals surface area (Å²) < 4.78 is 0. The molecule has 19 heavy (non-hydrogen) atoms. The Kier molecular flexibility index (Phi) is 4.93. The zero-order valence-electron chi connectivity index (χ0n) is 11.8. The summed E-state index contributed by atoms with van der Waals surface area (Å²) in [4.78, 5) is 14.2. The van der Waals surface area contributed by atoms with Crippen LogP contribution in [0.15, 0.2) is 24.3 Å². The number of rotatable bonds is 4. The van der Waals surface area contributed by atoms with E-state index in [1.807, 2.05) is 31.2 Å². The van der Waals surface area contributed by atoms with Gasteiger partial charge >= 0.3 is 0 Å². The van der Waals surface area contributed by atoms with Crippen LogP contribution >= 0.6 is 0 Å². The predicted molar refractivity (Wildman–Crippen MR) is 77.2 cm³/mol.